The number of aryl methyl sites for hydroxylation is 1. The molecule has 0 saturated carbocycles. The number of hydrogen-bond acceptors (Lipinski definition) is 4. The molecule has 0 spiro atoms. The SMILES string of the molecule is CCNC(=NCC(C)N1CCOCC1)NCCn1c(C)nc2ccccc21. The molecule has 1 fully saturated rings. The van der Waals surface area contributed by atoms with Crippen LogP contribution in [-0.2, 0) is 11.3 Å². The second kappa shape index (κ2) is 9.71. The minimum atomic E-state index is 0.421. The van der Waals surface area contributed by atoms with Crippen molar-refractivity contribution in [3.63, 3.8) is 0 Å². The van der Waals surface area contributed by atoms with E-state index in [-0.39, 0.29) is 0 Å². The Labute approximate surface area is 161 Å². The van der Waals surface area contributed by atoms with Gasteiger partial charge in [-0.3, -0.25) is 9.89 Å². The number of nitrogens with one attached hydrogen (secondary N) is 2. The Morgan fingerprint density at radius 3 is 2.81 bits per heavy atom. The highest BCUT2D eigenvalue weighted by Gasteiger charge is 2.16. The molecule has 148 valence electrons. The fraction of sp³-hybridized carbons (Fsp3) is 0.600. The number of imidazole rings is 1. The molecular formula is C20H32N6O. The molecule has 1 aliphatic heterocycles. The molecule has 1 aromatic carbocycles. The molecule has 0 amide bonds. The molecule has 1 aliphatic rings. The summed E-state index contributed by atoms with van der Waals surface area (Å²) in [5, 5.41) is 6.80. The topological polar surface area (TPSA) is 66.7 Å². The van der Waals surface area contributed by atoms with Gasteiger partial charge in [-0.2, -0.15) is 0 Å². The molecule has 1 saturated heterocycles. The molecule has 0 aliphatic carbocycles. The average molecular weight is 373 g/mol. The fourth-order valence-electron chi connectivity index (χ4n) is 3.46. The number of guanidine groups is 1. The second-order valence-corrected chi connectivity index (χ2v) is 6.94. The van der Waals surface area contributed by atoms with Gasteiger partial charge in [-0.05, 0) is 32.9 Å². The standard InChI is InChI=1S/C20H32N6O/c1-4-21-20(23-15-16(2)25-11-13-27-14-12-25)22-9-10-26-17(3)24-18-7-5-6-8-19(18)26/h5-8,16H,4,9-15H2,1-3H3,(H2,21,22,23). The molecule has 2 heterocycles. The smallest absolute Gasteiger partial charge is 0.191 e. The number of ether oxygens (including phenoxy) is 1. The van der Waals surface area contributed by atoms with Gasteiger partial charge in [0.05, 0.1) is 30.8 Å². The number of aliphatic imine (C=N–C) groups is 1. The third kappa shape index (κ3) is 5.20. The molecule has 1 aromatic heterocycles. The van der Waals surface area contributed by atoms with Crippen LogP contribution in [0.5, 0.6) is 0 Å². The molecule has 2 aromatic rings. The number of benzene rings is 1. The van der Waals surface area contributed by atoms with Gasteiger partial charge in [-0.15, -0.1) is 0 Å². The lowest BCUT2D eigenvalue weighted by Gasteiger charge is -2.31. The Bertz CT molecular complexity index is 750. The van der Waals surface area contributed by atoms with Crippen LogP contribution in [-0.4, -0.2) is 72.4 Å². The monoisotopic (exact) mass is 372 g/mol. The molecule has 3 rings (SSSR count). The number of aromatic nitrogens is 2. The predicted molar refractivity (Wildman–Crippen MR) is 110 cm³/mol. The largest absolute Gasteiger partial charge is 0.379 e. The van der Waals surface area contributed by atoms with E-state index in [0.717, 1.165) is 69.8 Å². The maximum atomic E-state index is 5.43. The minimum Gasteiger partial charge on any atom is -0.379 e. The number of rotatable bonds is 7. The van der Waals surface area contributed by atoms with E-state index >= 15 is 0 Å². The van der Waals surface area contributed by atoms with Crippen molar-refractivity contribution in [2.75, 3.05) is 45.9 Å². The maximum absolute atomic E-state index is 5.43. The van der Waals surface area contributed by atoms with Crippen LogP contribution in [0.2, 0.25) is 0 Å². The Morgan fingerprint density at radius 1 is 1.26 bits per heavy atom. The lowest BCUT2D eigenvalue weighted by molar-refractivity contribution is 0.0220. The quantitative estimate of drug-likeness (QED) is 0.571. The van der Waals surface area contributed by atoms with Crippen LogP contribution in [0, 0.1) is 6.92 Å². The van der Waals surface area contributed by atoms with Crippen molar-refractivity contribution >= 4 is 17.0 Å². The van der Waals surface area contributed by atoms with E-state index in [9.17, 15) is 0 Å². The average Bonchev–Trinajstić information content (AvgIpc) is 3.02. The van der Waals surface area contributed by atoms with Gasteiger partial charge < -0.3 is 19.9 Å². The van der Waals surface area contributed by atoms with E-state index in [2.05, 4.69) is 64.1 Å². The van der Waals surface area contributed by atoms with Gasteiger partial charge in [0, 0.05) is 38.8 Å². The Kier molecular flexibility index (Phi) is 7.06. The summed E-state index contributed by atoms with van der Waals surface area (Å²) in [5.74, 6) is 1.92. The number of morpholine rings is 1. The molecule has 2 N–H and O–H groups in total. The van der Waals surface area contributed by atoms with Crippen molar-refractivity contribution in [2.45, 2.75) is 33.4 Å². The summed E-state index contributed by atoms with van der Waals surface area (Å²) in [6.45, 7) is 13.3. The molecule has 0 radical (unpaired) electrons. The number of para-hydroxylation sites is 2. The summed E-state index contributed by atoms with van der Waals surface area (Å²) in [4.78, 5) is 11.9. The van der Waals surface area contributed by atoms with E-state index in [0.29, 0.717) is 6.04 Å². The van der Waals surface area contributed by atoms with Crippen LogP contribution >= 0.6 is 0 Å². The van der Waals surface area contributed by atoms with E-state index in [1.54, 1.807) is 0 Å². The molecule has 27 heavy (non-hydrogen) atoms. The molecule has 0 bridgehead atoms. The molecule has 7 nitrogen and oxygen atoms in total. The first-order valence-corrected chi connectivity index (χ1v) is 9.95. The Balaban J connectivity index is 1.55. The zero-order valence-electron chi connectivity index (χ0n) is 16.7. The van der Waals surface area contributed by atoms with E-state index < -0.39 is 0 Å². The zero-order valence-corrected chi connectivity index (χ0v) is 16.7. The molecule has 1 atom stereocenters. The van der Waals surface area contributed by atoms with E-state index in [1.807, 2.05) is 6.07 Å². The molecular weight excluding hydrogens is 340 g/mol. The molecule has 1 unspecified atom stereocenters. The van der Waals surface area contributed by atoms with Crippen molar-refractivity contribution in [1.29, 1.82) is 0 Å². The van der Waals surface area contributed by atoms with Gasteiger partial charge in [0.2, 0.25) is 0 Å². The van der Waals surface area contributed by atoms with Gasteiger partial charge in [-0.1, -0.05) is 12.1 Å². The lowest BCUT2D eigenvalue weighted by Crippen LogP contribution is -2.44. The molecule has 7 heteroatoms. The number of fused-ring (bicyclic) bond motifs is 1. The first kappa shape index (κ1) is 19.6. The van der Waals surface area contributed by atoms with Crippen molar-refractivity contribution in [3.8, 4) is 0 Å². The first-order chi connectivity index (χ1) is 13.2. The zero-order chi connectivity index (χ0) is 19.1. The third-order valence-corrected chi connectivity index (χ3v) is 5.00. The van der Waals surface area contributed by atoms with Crippen LogP contribution < -0.4 is 10.6 Å². The Hall–Kier alpha value is -2.12. The van der Waals surface area contributed by atoms with Crippen molar-refractivity contribution in [1.82, 2.24) is 25.1 Å². The Morgan fingerprint density at radius 2 is 2.04 bits per heavy atom. The fourth-order valence-corrected chi connectivity index (χ4v) is 3.46. The van der Waals surface area contributed by atoms with Crippen LogP contribution in [0.15, 0.2) is 29.3 Å². The highest BCUT2D eigenvalue weighted by molar-refractivity contribution is 5.79. The van der Waals surface area contributed by atoms with Gasteiger partial charge >= 0.3 is 0 Å². The summed E-state index contributed by atoms with van der Waals surface area (Å²) < 4.78 is 7.69. The van der Waals surface area contributed by atoms with Crippen LogP contribution in [0.3, 0.4) is 0 Å². The van der Waals surface area contributed by atoms with E-state index in [4.69, 9.17) is 9.73 Å². The summed E-state index contributed by atoms with van der Waals surface area (Å²) in [6, 6.07) is 8.70. The van der Waals surface area contributed by atoms with Gasteiger partial charge in [0.25, 0.3) is 0 Å². The van der Waals surface area contributed by atoms with Crippen molar-refractivity contribution < 1.29 is 4.74 Å². The van der Waals surface area contributed by atoms with Crippen LogP contribution in [0.25, 0.3) is 11.0 Å². The van der Waals surface area contributed by atoms with Crippen LogP contribution in [0.4, 0.5) is 0 Å². The second-order valence-electron chi connectivity index (χ2n) is 6.94. The van der Waals surface area contributed by atoms with Gasteiger partial charge in [0.1, 0.15) is 5.82 Å². The van der Waals surface area contributed by atoms with Crippen molar-refractivity contribution in [2.24, 2.45) is 4.99 Å². The normalized spacial score (nSPS) is 17.2. The predicted octanol–water partition coefficient (Wildman–Crippen LogP) is 1.62. The highest BCUT2D eigenvalue weighted by atomic mass is 16.5. The highest BCUT2D eigenvalue weighted by Crippen LogP contribution is 2.14. The summed E-state index contributed by atoms with van der Waals surface area (Å²) >= 11 is 0. The number of hydrogen-bond donors (Lipinski definition) is 2. The third-order valence-electron chi connectivity index (χ3n) is 5.00. The lowest BCUT2D eigenvalue weighted by atomic mass is 10.2. The maximum Gasteiger partial charge on any atom is 0.191 e. The minimum absolute atomic E-state index is 0.421. The summed E-state index contributed by atoms with van der Waals surface area (Å²) in [7, 11) is 0. The van der Waals surface area contributed by atoms with Gasteiger partial charge in [-0.25, -0.2) is 4.98 Å². The first-order valence-electron chi connectivity index (χ1n) is 9.95. The number of nitrogens with zero attached hydrogens (tertiary/aromatic N) is 4. The van der Waals surface area contributed by atoms with Gasteiger partial charge in [0.15, 0.2) is 5.96 Å². The van der Waals surface area contributed by atoms with Crippen molar-refractivity contribution in [3.05, 3.63) is 30.1 Å². The van der Waals surface area contributed by atoms with E-state index in [1.165, 1.54) is 5.52 Å². The summed E-state index contributed by atoms with van der Waals surface area (Å²) in [6.07, 6.45) is 0. The summed E-state index contributed by atoms with van der Waals surface area (Å²) in [5.41, 5.74) is 2.23. The van der Waals surface area contributed by atoms with Crippen LogP contribution in [0.1, 0.15) is 19.7 Å².